The molecule has 1 aromatic heterocycles. The van der Waals surface area contributed by atoms with Gasteiger partial charge in [0, 0.05) is 37.1 Å². The van der Waals surface area contributed by atoms with E-state index in [0.29, 0.717) is 31.7 Å². The smallest absolute Gasteiger partial charge is 0.253 e. The van der Waals surface area contributed by atoms with Crippen molar-refractivity contribution in [3.63, 3.8) is 0 Å². The van der Waals surface area contributed by atoms with Crippen molar-refractivity contribution in [1.82, 2.24) is 20.0 Å². The molecule has 160 valence electrons. The molecule has 0 aliphatic carbocycles. The molecule has 0 unspecified atom stereocenters. The minimum absolute atomic E-state index is 0.0204. The van der Waals surface area contributed by atoms with Gasteiger partial charge in [0.15, 0.2) is 0 Å². The quantitative estimate of drug-likeness (QED) is 0.682. The molecule has 7 heteroatoms. The Morgan fingerprint density at radius 1 is 0.968 bits per heavy atom. The highest BCUT2D eigenvalue weighted by molar-refractivity contribution is 5.95. The molecule has 1 aliphatic heterocycles. The fraction of sp³-hybridized carbons (Fsp3) is 0.292. The molecule has 1 fully saturated rings. The van der Waals surface area contributed by atoms with Gasteiger partial charge in [-0.1, -0.05) is 36.4 Å². The maximum atomic E-state index is 12.8. The lowest BCUT2D eigenvalue weighted by Gasteiger charge is -2.37. The van der Waals surface area contributed by atoms with Gasteiger partial charge in [-0.15, -0.1) is 0 Å². The molecule has 0 saturated carbocycles. The third-order valence-corrected chi connectivity index (χ3v) is 5.50. The molecule has 3 N–H and O–H groups in total. The number of amides is 2. The third kappa shape index (κ3) is 4.51. The van der Waals surface area contributed by atoms with E-state index in [2.05, 4.69) is 10.2 Å². The monoisotopic (exact) mass is 417 g/mol. The molecule has 3 aromatic rings. The van der Waals surface area contributed by atoms with Gasteiger partial charge in [0.05, 0.1) is 16.7 Å². The van der Waals surface area contributed by atoms with Crippen LogP contribution in [0.3, 0.4) is 0 Å². The molecule has 0 spiro atoms. The standard InChI is InChI=1S/C24H27N5O2/c1-24(2,25)23(31)29-15-13-28(14-16-29)22(30)18-10-7-17(8-11-18)9-12-21-19-5-3-4-6-20(19)26-27-21/h3-12H,13-16,25H2,1-2H3,(H,26,27)/b12-9+. The van der Waals surface area contributed by atoms with Gasteiger partial charge in [-0.05, 0) is 43.7 Å². The van der Waals surface area contributed by atoms with E-state index in [1.807, 2.05) is 60.7 Å². The number of benzene rings is 2. The van der Waals surface area contributed by atoms with E-state index in [9.17, 15) is 9.59 Å². The van der Waals surface area contributed by atoms with Gasteiger partial charge >= 0.3 is 0 Å². The highest BCUT2D eigenvalue weighted by atomic mass is 16.2. The van der Waals surface area contributed by atoms with Gasteiger partial charge in [-0.2, -0.15) is 5.10 Å². The van der Waals surface area contributed by atoms with Gasteiger partial charge < -0.3 is 15.5 Å². The zero-order valence-electron chi connectivity index (χ0n) is 17.8. The molecule has 2 heterocycles. The number of nitrogens with two attached hydrogens (primary N) is 1. The molecule has 7 nitrogen and oxygen atoms in total. The van der Waals surface area contributed by atoms with Gasteiger partial charge in [0.1, 0.15) is 0 Å². The lowest BCUT2D eigenvalue weighted by Crippen LogP contribution is -2.57. The average Bonchev–Trinajstić information content (AvgIpc) is 3.20. The second kappa shape index (κ2) is 8.35. The minimum atomic E-state index is -0.891. The highest BCUT2D eigenvalue weighted by Crippen LogP contribution is 2.18. The Morgan fingerprint density at radius 3 is 2.29 bits per heavy atom. The first-order valence-corrected chi connectivity index (χ1v) is 10.4. The van der Waals surface area contributed by atoms with E-state index in [1.165, 1.54) is 0 Å². The summed E-state index contributed by atoms with van der Waals surface area (Å²) in [4.78, 5) is 28.7. The average molecular weight is 418 g/mol. The topological polar surface area (TPSA) is 95.3 Å². The summed E-state index contributed by atoms with van der Waals surface area (Å²) in [6.07, 6.45) is 3.95. The van der Waals surface area contributed by atoms with Crippen LogP contribution in [0.2, 0.25) is 0 Å². The van der Waals surface area contributed by atoms with Crippen LogP contribution in [0.4, 0.5) is 0 Å². The Labute approximate surface area is 181 Å². The van der Waals surface area contributed by atoms with E-state index >= 15 is 0 Å². The summed E-state index contributed by atoms with van der Waals surface area (Å²) in [6, 6.07) is 15.5. The van der Waals surface area contributed by atoms with Gasteiger partial charge in [-0.25, -0.2) is 0 Å². The van der Waals surface area contributed by atoms with Crippen molar-refractivity contribution in [2.45, 2.75) is 19.4 Å². The number of carbonyl (C=O) groups excluding carboxylic acids is 2. The molecule has 4 rings (SSSR count). The molecule has 2 aromatic carbocycles. The molecule has 1 aliphatic rings. The number of aromatic amines is 1. The maximum Gasteiger partial charge on any atom is 0.253 e. The predicted molar refractivity (Wildman–Crippen MR) is 122 cm³/mol. The first-order valence-electron chi connectivity index (χ1n) is 10.4. The van der Waals surface area contributed by atoms with E-state index in [-0.39, 0.29) is 11.8 Å². The molecule has 0 atom stereocenters. The molecule has 31 heavy (non-hydrogen) atoms. The fourth-order valence-corrected chi connectivity index (χ4v) is 3.73. The number of nitrogens with one attached hydrogen (secondary N) is 1. The Bertz CT molecular complexity index is 1120. The molecule has 2 amide bonds. The Hall–Kier alpha value is -3.45. The molecule has 0 bridgehead atoms. The van der Waals surface area contributed by atoms with Crippen LogP contribution in [-0.2, 0) is 4.79 Å². The second-order valence-electron chi connectivity index (χ2n) is 8.42. The number of fused-ring (bicyclic) bond motifs is 1. The normalized spacial score (nSPS) is 15.1. The minimum Gasteiger partial charge on any atom is -0.338 e. The van der Waals surface area contributed by atoms with Crippen LogP contribution in [0.5, 0.6) is 0 Å². The Kier molecular flexibility index (Phi) is 5.61. The van der Waals surface area contributed by atoms with Crippen LogP contribution in [0.15, 0.2) is 48.5 Å². The molecular formula is C24H27N5O2. The summed E-state index contributed by atoms with van der Waals surface area (Å²) in [7, 11) is 0. The van der Waals surface area contributed by atoms with Crippen molar-refractivity contribution in [1.29, 1.82) is 0 Å². The van der Waals surface area contributed by atoms with E-state index < -0.39 is 5.54 Å². The summed E-state index contributed by atoms with van der Waals surface area (Å²) in [5, 5.41) is 8.43. The zero-order valence-corrected chi connectivity index (χ0v) is 17.8. The van der Waals surface area contributed by atoms with Crippen molar-refractivity contribution in [2.24, 2.45) is 5.73 Å². The van der Waals surface area contributed by atoms with Gasteiger partial charge in [-0.3, -0.25) is 14.7 Å². The van der Waals surface area contributed by atoms with E-state index in [4.69, 9.17) is 5.73 Å². The summed E-state index contributed by atoms with van der Waals surface area (Å²) in [6.45, 7) is 5.44. The first kappa shape index (κ1) is 20.8. The first-order chi connectivity index (χ1) is 14.8. The maximum absolute atomic E-state index is 12.8. The third-order valence-electron chi connectivity index (χ3n) is 5.50. The van der Waals surface area contributed by atoms with Crippen molar-refractivity contribution in [3.05, 3.63) is 65.4 Å². The number of carbonyl (C=O) groups is 2. The van der Waals surface area contributed by atoms with Crippen LogP contribution < -0.4 is 5.73 Å². The SMILES string of the molecule is CC(C)(N)C(=O)N1CCN(C(=O)c2ccc(/C=C/c3n[nH]c4ccccc34)cc2)CC1. The van der Waals surface area contributed by atoms with Crippen LogP contribution in [0, 0.1) is 0 Å². The van der Waals surface area contributed by atoms with E-state index in [1.54, 1.807) is 23.6 Å². The fourth-order valence-electron chi connectivity index (χ4n) is 3.73. The largest absolute Gasteiger partial charge is 0.338 e. The van der Waals surface area contributed by atoms with Crippen LogP contribution in [-0.4, -0.2) is 63.5 Å². The molecular weight excluding hydrogens is 390 g/mol. The number of nitrogens with zero attached hydrogens (tertiary/aromatic N) is 3. The predicted octanol–water partition coefficient (Wildman–Crippen LogP) is 2.76. The Balaban J connectivity index is 1.38. The number of piperazine rings is 1. The summed E-state index contributed by atoms with van der Waals surface area (Å²) >= 11 is 0. The van der Waals surface area contributed by atoms with Gasteiger partial charge in [0.2, 0.25) is 5.91 Å². The van der Waals surface area contributed by atoms with Gasteiger partial charge in [0.25, 0.3) is 5.91 Å². The molecule has 1 saturated heterocycles. The lowest BCUT2D eigenvalue weighted by atomic mass is 10.0. The second-order valence-corrected chi connectivity index (χ2v) is 8.42. The van der Waals surface area contributed by atoms with Crippen molar-refractivity contribution in [3.8, 4) is 0 Å². The van der Waals surface area contributed by atoms with Crippen molar-refractivity contribution >= 4 is 34.9 Å². The van der Waals surface area contributed by atoms with Crippen molar-refractivity contribution < 1.29 is 9.59 Å². The summed E-state index contributed by atoms with van der Waals surface area (Å²) in [5.74, 6) is -0.103. The zero-order chi connectivity index (χ0) is 22.0. The number of hydrogen-bond acceptors (Lipinski definition) is 4. The highest BCUT2D eigenvalue weighted by Gasteiger charge is 2.31. The van der Waals surface area contributed by atoms with Crippen molar-refractivity contribution in [2.75, 3.05) is 26.2 Å². The lowest BCUT2D eigenvalue weighted by molar-refractivity contribution is -0.137. The Morgan fingerprint density at radius 2 is 1.61 bits per heavy atom. The summed E-state index contributed by atoms with van der Waals surface area (Å²) < 4.78 is 0. The number of hydrogen-bond donors (Lipinski definition) is 2. The van der Waals surface area contributed by atoms with E-state index in [0.717, 1.165) is 22.2 Å². The van der Waals surface area contributed by atoms with Crippen LogP contribution >= 0.6 is 0 Å². The number of para-hydroxylation sites is 1. The molecule has 0 radical (unpaired) electrons. The number of aromatic nitrogens is 2. The van der Waals surface area contributed by atoms with Crippen LogP contribution in [0.1, 0.15) is 35.5 Å². The number of H-pyrrole nitrogens is 1. The number of rotatable bonds is 4. The summed E-state index contributed by atoms with van der Waals surface area (Å²) in [5.41, 5.74) is 8.53. The van der Waals surface area contributed by atoms with Crippen LogP contribution in [0.25, 0.3) is 23.1 Å².